The maximum atomic E-state index is 12.5. The molecule has 0 bridgehead atoms. The van der Waals surface area contributed by atoms with E-state index in [1.165, 1.54) is 13.1 Å². The van der Waals surface area contributed by atoms with Crippen LogP contribution in [-0.4, -0.2) is 27.4 Å². The van der Waals surface area contributed by atoms with Crippen LogP contribution >= 0.6 is 0 Å². The highest BCUT2D eigenvalue weighted by Crippen LogP contribution is 2.21. The van der Waals surface area contributed by atoms with Crippen LogP contribution in [0.5, 0.6) is 0 Å². The first-order chi connectivity index (χ1) is 11.1. The van der Waals surface area contributed by atoms with Gasteiger partial charge in [-0.1, -0.05) is 26.7 Å². The van der Waals surface area contributed by atoms with E-state index in [4.69, 9.17) is 0 Å². The zero-order chi connectivity index (χ0) is 18.5. The molecule has 6 heteroatoms. The largest absolute Gasteiger partial charge is 0.350 e. The van der Waals surface area contributed by atoms with E-state index in [2.05, 4.69) is 23.9 Å². The number of amides is 1. The fraction of sp³-hybridized carbons (Fsp3) is 0.611. The Hall–Kier alpha value is -1.40. The molecule has 5 nitrogen and oxygen atoms in total. The molecule has 0 radical (unpaired) electrons. The monoisotopic (exact) mass is 354 g/mol. The third kappa shape index (κ3) is 5.60. The van der Waals surface area contributed by atoms with Gasteiger partial charge in [-0.05, 0) is 63.4 Å². The second kappa shape index (κ2) is 8.62. The maximum Gasteiger partial charge on any atom is 0.251 e. The molecule has 136 valence electrons. The number of sulfonamides is 1. The second-order valence-corrected chi connectivity index (χ2v) is 8.68. The summed E-state index contributed by atoms with van der Waals surface area (Å²) in [6.07, 6.45) is 3.11. The molecule has 0 aromatic heterocycles. The van der Waals surface area contributed by atoms with Crippen molar-refractivity contribution in [2.24, 2.45) is 5.92 Å². The van der Waals surface area contributed by atoms with E-state index in [1.54, 1.807) is 13.0 Å². The van der Waals surface area contributed by atoms with Crippen LogP contribution in [0.25, 0.3) is 0 Å². The zero-order valence-electron chi connectivity index (χ0n) is 15.6. The molecule has 0 saturated heterocycles. The molecule has 1 atom stereocenters. The van der Waals surface area contributed by atoms with E-state index in [0.29, 0.717) is 17.0 Å². The highest BCUT2D eigenvalue weighted by Gasteiger charge is 2.20. The van der Waals surface area contributed by atoms with E-state index in [-0.39, 0.29) is 16.8 Å². The molecular weight excluding hydrogens is 324 g/mol. The van der Waals surface area contributed by atoms with Crippen LogP contribution in [0, 0.1) is 19.8 Å². The topological polar surface area (TPSA) is 75.3 Å². The fourth-order valence-electron chi connectivity index (χ4n) is 2.56. The van der Waals surface area contributed by atoms with Gasteiger partial charge in [-0.15, -0.1) is 0 Å². The molecule has 0 saturated carbocycles. The van der Waals surface area contributed by atoms with E-state index < -0.39 is 10.0 Å². The predicted octanol–water partition coefficient (Wildman–Crippen LogP) is 3.16. The van der Waals surface area contributed by atoms with Gasteiger partial charge in [-0.3, -0.25) is 4.79 Å². The zero-order valence-corrected chi connectivity index (χ0v) is 16.4. The van der Waals surface area contributed by atoms with E-state index in [1.807, 2.05) is 13.8 Å². The van der Waals surface area contributed by atoms with Crippen LogP contribution < -0.4 is 10.0 Å². The number of carbonyl (C=O) groups excluding carboxylic acids is 1. The van der Waals surface area contributed by atoms with Gasteiger partial charge in [0.15, 0.2) is 0 Å². The molecule has 0 aliphatic heterocycles. The van der Waals surface area contributed by atoms with Crippen molar-refractivity contribution in [1.29, 1.82) is 0 Å². The minimum atomic E-state index is -3.59. The Kier molecular flexibility index (Phi) is 7.42. The maximum absolute atomic E-state index is 12.5. The molecule has 24 heavy (non-hydrogen) atoms. The van der Waals surface area contributed by atoms with Gasteiger partial charge >= 0.3 is 0 Å². The van der Waals surface area contributed by atoms with Crippen LogP contribution in [-0.2, 0) is 10.0 Å². The normalized spacial score (nSPS) is 13.1. The minimum absolute atomic E-state index is 0.0576. The average Bonchev–Trinajstić information content (AvgIpc) is 2.49. The smallest absolute Gasteiger partial charge is 0.251 e. The van der Waals surface area contributed by atoms with Crippen molar-refractivity contribution < 1.29 is 13.2 Å². The lowest BCUT2D eigenvalue weighted by Crippen LogP contribution is -2.33. The van der Waals surface area contributed by atoms with Crippen LogP contribution in [0.15, 0.2) is 17.0 Å². The van der Waals surface area contributed by atoms with Gasteiger partial charge in [0.2, 0.25) is 10.0 Å². The van der Waals surface area contributed by atoms with Crippen LogP contribution in [0.4, 0.5) is 0 Å². The Morgan fingerprint density at radius 1 is 1.12 bits per heavy atom. The minimum Gasteiger partial charge on any atom is -0.350 e. The fourth-order valence-corrected chi connectivity index (χ4v) is 3.62. The summed E-state index contributed by atoms with van der Waals surface area (Å²) in [4.78, 5) is 12.6. The number of hydrogen-bond donors (Lipinski definition) is 2. The van der Waals surface area contributed by atoms with Crippen LogP contribution in [0.2, 0.25) is 0 Å². The van der Waals surface area contributed by atoms with Crippen LogP contribution in [0.3, 0.4) is 0 Å². The summed E-state index contributed by atoms with van der Waals surface area (Å²) in [5, 5.41) is 2.96. The number of nitrogens with one attached hydrogen (secondary N) is 2. The summed E-state index contributed by atoms with van der Waals surface area (Å²) in [6.45, 7) is 9.90. The van der Waals surface area contributed by atoms with E-state index in [0.717, 1.165) is 24.8 Å². The first-order valence-corrected chi connectivity index (χ1v) is 9.92. The molecule has 1 rings (SSSR count). The number of aryl methyl sites for hydroxylation is 1. The second-order valence-electron chi connectivity index (χ2n) is 6.82. The Morgan fingerprint density at radius 3 is 2.29 bits per heavy atom. The van der Waals surface area contributed by atoms with E-state index in [9.17, 15) is 13.2 Å². The quantitative estimate of drug-likeness (QED) is 0.753. The van der Waals surface area contributed by atoms with Gasteiger partial charge in [0.1, 0.15) is 0 Å². The molecule has 0 fully saturated rings. The summed E-state index contributed by atoms with van der Waals surface area (Å²) in [5.41, 5.74) is 1.82. The van der Waals surface area contributed by atoms with Gasteiger partial charge in [0.25, 0.3) is 5.91 Å². The Bertz CT molecular complexity index is 682. The molecule has 0 aliphatic carbocycles. The lowest BCUT2D eigenvalue weighted by Gasteiger charge is -2.16. The number of carbonyl (C=O) groups is 1. The molecule has 0 heterocycles. The molecular formula is C18H30N2O3S. The first kappa shape index (κ1) is 20.6. The van der Waals surface area contributed by atoms with Crippen LogP contribution in [0.1, 0.15) is 61.5 Å². The summed E-state index contributed by atoms with van der Waals surface area (Å²) in [5.74, 6) is 0.421. The molecule has 1 aromatic rings. The van der Waals surface area contributed by atoms with Gasteiger partial charge in [0.05, 0.1) is 4.90 Å². The third-order valence-corrected chi connectivity index (χ3v) is 5.78. The van der Waals surface area contributed by atoms with Crippen molar-refractivity contribution in [2.75, 3.05) is 7.05 Å². The Labute approximate surface area is 146 Å². The van der Waals surface area contributed by atoms with Crippen molar-refractivity contribution in [3.63, 3.8) is 0 Å². The molecule has 2 N–H and O–H groups in total. The van der Waals surface area contributed by atoms with Gasteiger partial charge in [-0.25, -0.2) is 13.1 Å². The van der Waals surface area contributed by atoms with Gasteiger partial charge in [0, 0.05) is 11.6 Å². The third-order valence-electron chi connectivity index (χ3n) is 4.24. The summed E-state index contributed by atoms with van der Waals surface area (Å²) in [7, 11) is -2.22. The summed E-state index contributed by atoms with van der Waals surface area (Å²) >= 11 is 0. The number of benzene rings is 1. The summed E-state index contributed by atoms with van der Waals surface area (Å²) < 4.78 is 26.6. The molecule has 1 amide bonds. The van der Waals surface area contributed by atoms with Crippen molar-refractivity contribution in [3.8, 4) is 0 Å². The molecule has 1 aromatic carbocycles. The van der Waals surface area contributed by atoms with Crippen molar-refractivity contribution in [1.82, 2.24) is 10.0 Å². The first-order valence-electron chi connectivity index (χ1n) is 8.44. The summed E-state index contributed by atoms with van der Waals surface area (Å²) in [6, 6.07) is 3.24. The lowest BCUT2D eigenvalue weighted by molar-refractivity contribution is 0.0937. The average molecular weight is 355 g/mol. The van der Waals surface area contributed by atoms with Gasteiger partial charge < -0.3 is 5.32 Å². The van der Waals surface area contributed by atoms with Gasteiger partial charge in [-0.2, -0.15) is 0 Å². The highest BCUT2D eigenvalue weighted by molar-refractivity contribution is 7.89. The highest BCUT2D eigenvalue weighted by atomic mass is 32.2. The standard InChI is InChI=1S/C18H30N2O3S/c1-12(2)8-7-9-14(4)20-18(21)16-10-13(3)15(5)17(11-16)24(22,23)19-6/h10-12,14,19H,7-9H2,1-6H3,(H,20,21)/t14-/m0/s1. The number of hydrogen-bond acceptors (Lipinski definition) is 3. The van der Waals surface area contributed by atoms with E-state index >= 15 is 0 Å². The van der Waals surface area contributed by atoms with Crippen molar-refractivity contribution in [2.45, 2.75) is 64.8 Å². The van der Waals surface area contributed by atoms with Crippen molar-refractivity contribution in [3.05, 3.63) is 28.8 Å². The Balaban J connectivity index is 2.92. The molecule has 0 spiro atoms. The predicted molar refractivity (Wildman–Crippen MR) is 97.8 cm³/mol. The number of rotatable bonds is 8. The SMILES string of the molecule is CNS(=O)(=O)c1cc(C(=O)N[C@@H](C)CCCC(C)C)cc(C)c1C. The van der Waals surface area contributed by atoms with Crippen molar-refractivity contribution >= 4 is 15.9 Å². The lowest BCUT2D eigenvalue weighted by atomic mass is 10.0. The Morgan fingerprint density at radius 2 is 1.75 bits per heavy atom. The molecule has 0 unspecified atom stereocenters. The molecule has 0 aliphatic rings.